The van der Waals surface area contributed by atoms with Crippen LogP contribution in [0.5, 0.6) is 0 Å². The predicted octanol–water partition coefficient (Wildman–Crippen LogP) is 3.19. The number of nitrogens with one attached hydrogen (secondary N) is 1. The number of carbonyl (C=O) groups excluding carboxylic acids is 2. The number of anilines is 1. The Hall–Kier alpha value is -2.80. The maximum atomic E-state index is 13.1. The molecule has 1 aromatic carbocycles. The summed E-state index contributed by atoms with van der Waals surface area (Å²) in [5.74, 6) is -0.297. The summed E-state index contributed by atoms with van der Waals surface area (Å²) in [5.41, 5.74) is 1.09. The molecule has 2 aliphatic heterocycles. The van der Waals surface area contributed by atoms with Gasteiger partial charge in [0.15, 0.2) is 0 Å². The van der Waals surface area contributed by atoms with E-state index in [2.05, 4.69) is 17.2 Å². The highest BCUT2D eigenvalue weighted by molar-refractivity contribution is 5.94. The molecule has 0 unspecified atom stereocenters. The molecule has 4 rings (SSSR count). The highest BCUT2D eigenvalue weighted by Gasteiger charge is 2.49. The Balaban J connectivity index is 1.33. The van der Waals surface area contributed by atoms with Gasteiger partial charge in [-0.3, -0.25) is 14.6 Å². The molecule has 1 aromatic heterocycles. The van der Waals surface area contributed by atoms with Crippen LogP contribution in [-0.2, 0) is 20.7 Å². The van der Waals surface area contributed by atoms with Gasteiger partial charge in [0, 0.05) is 25.2 Å². The van der Waals surface area contributed by atoms with E-state index in [4.69, 9.17) is 4.74 Å². The van der Waals surface area contributed by atoms with Crippen LogP contribution in [0.15, 0.2) is 48.8 Å². The van der Waals surface area contributed by atoms with E-state index < -0.39 is 6.10 Å². The van der Waals surface area contributed by atoms with Gasteiger partial charge in [-0.05, 0) is 49.1 Å². The minimum Gasteiger partial charge on any atom is -0.362 e. The van der Waals surface area contributed by atoms with Crippen molar-refractivity contribution in [3.8, 4) is 0 Å². The number of pyridine rings is 1. The second-order valence-electron chi connectivity index (χ2n) is 8.23. The average molecular weight is 411 g/mol. The van der Waals surface area contributed by atoms with Crippen LogP contribution in [-0.4, -0.2) is 46.5 Å². The molecule has 0 saturated carbocycles. The molecule has 7 heteroatoms. The molecule has 0 radical (unpaired) electrons. The maximum Gasteiger partial charge on any atom is 0.253 e. The lowest BCUT2D eigenvalue weighted by molar-refractivity contribution is -0.151. The van der Waals surface area contributed by atoms with Gasteiger partial charge in [-0.1, -0.05) is 19.1 Å². The number of aromatic nitrogens is 1. The number of amides is 2. The van der Waals surface area contributed by atoms with Gasteiger partial charge in [0.1, 0.15) is 11.9 Å². The number of benzene rings is 1. The van der Waals surface area contributed by atoms with E-state index in [0.29, 0.717) is 31.6 Å². The van der Waals surface area contributed by atoms with Crippen LogP contribution in [0.3, 0.4) is 0 Å². The van der Waals surface area contributed by atoms with Gasteiger partial charge >= 0.3 is 0 Å². The zero-order valence-electron chi connectivity index (χ0n) is 17.0. The van der Waals surface area contributed by atoms with Gasteiger partial charge in [-0.2, -0.15) is 0 Å². The molecule has 2 amide bonds. The fourth-order valence-corrected chi connectivity index (χ4v) is 4.44. The number of hydrogen-bond donors (Lipinski definition) is 1. The second-order valence-corrected chi connectivity index (χ2v) is 8.23. The van der Waals surface area contributed by atoms with Gasteiger partial charge in [0.05, 0.1) is 23.9 Å². The van der Waals surface area contributed by atoms with Crippen molar-refractivity contribution in [3.05, 3.63) is 60.2 Å². The summed E-state index contributed by atoms with van der Waals surface area (Å²) in [7, 11) is 0. The van der Waals surface area contributed by atoms with Crippen LogP contribution in [0.4, 0.5) is 10.1 Å². The van der Waals surface area contributed by atoms with Gasteiger partial charge < -0.3 is 15.0 Å². The van der Waals surface area contributed by atoms with Crippen molar-refractivity contribution in [2.24, 2.45) is 5.92 Å². The summed E-state index contributed by atoms with van der Waals surface area (Å²) in [4.78, 5) is 31.2. The van der Waals surface area contributed by atoms with E-state index >= 15 is 0 Å². The van der Waals surface area contributed by atoms with Crippen molar-refractivity contribution in [1.29, 1.82) is 0 Å². The molecule has 2 aromatic rings. The number of nitrogens with zero attached hydrogens (tertiary/aromatic N) is 2. The maximum absolute atomic E-state index is 13.1. The Bertz CT molecular complexity index is 906. The van der Waals surface area contributed by atoms with Crippen molar-refractivity contribution in [3.63, 3.8) is 0 Å². The summed E-state index contributed by atoms with van der Waals surface area (Å²) >= 11 is 0. The Kier molecular flexibility index (Phi) is 5.81. The Morgan fingerprint density at radius 2 is 2.07 bits per heavy atom. The molecule has 2 fully saturated rings. The quantitative estimate of drug-likeness (QED) is 0.839. The zero-order valence-corrected chi connectivity index (χ0v) is 17.0. The first kappa shape index (κ1) is 20.5. The topological polar surface area (TPSA) is 71.5 Å². The first-order valence-corrected chi connectivity index (χ1v) is 10.4. The van der Waals surface area contributed by atoms with Crippen molar-refractivity contribution in [2.75, 3.05) is 18.4 Å². The van der Waals surface area contributed by atoms with Crippen LogP contribution in [0.25, 0.3) is 0 Å². The Morgan fingerprint density at radius 3 is 2.77 bits per heavy atom. The number of rotatable bonds is 4. The monoisotopic (exact) mass is 411 g/mol. The fourth-order valence-electron chi connectivity index (χ4n) is 4.44. The van der Waals surface area contributed by atoms with E-state index in [0.717, 1.165) is 12.0 Å². The third-order valence-electron chi connectivity index (χ3n) is 6.25. The summed E-state index contributed by atoms with van der Waals surface area (Å²) in [6, 6.07) is 9.61. The molecule has 2 aliphatic rings. The van der Waals surface area contributed by atoms with Crippen LogP contribution < -0.4 is 5.32 Å². The molecule has 3 heterocycles. The molecule has 0 bridgehead atoms. The molecule has 0 aliphatic carbocycles. The Labute approximate surface area is 175 Å². The first-order valence-electron chi connectivity index (χ1n) is 10.4. The number of hydrogen-bond acceptors (Lipinski definition) is 4. The molecular weight excluding hydrogens is 385 g/mol. The van der Waals surface area contributed by atoms with Gasteiger partial charge in [-0.15, -0.1) is 0 Å². The van der Waals surface area contributed by atoms with Crippen molar-refractivity contribution in [1.82, 2.24) is 9.88 Å². The lowest BCUT2D eigenvalue weighted by atomic mass is 9.80. The highest BCUT2D eigenvalue weighted by Crippen LogP contribution is 2.42. The number of ether oxygens (including phenoxy) is 1. The zero-order chi connectivity index (χ0) is 21.1. The largest absolute Gasteiger partial charge is 0.362 e. The normalized spacial score (nSPS) is 26.0. The van der Waals surface area contributed by atoms with Gasteiger partial charge in [-0.25, -0.2) is 4.39 Å². The molecule has 1 N–H and O–H groups in total. The van der Waals surface area contributed by atoms with Crippen molar-refractivity contribution >= 4 is 17.5 Å². The first-order chi connectivity index (χ1) is 14.4. The standard InChI is InChI=1S/C23H26FN3O3/c1-16-15-27(21(28)13-17-4-6-18(24)7-5-17)12-10-23(16)9-8-20(30-23)22(29)26-19-3-2-11-25-14-19/h2-7,11,14,16,20H,8-10,12-13,15H2,1H3,(H,26,29)/t16-,20-,23+/m1/s1. The number of halogens is 1. The minimum atomic E-state index is -0.492. The molecule has 3 atom stereocenters. The summed E-state index contributed by atoms with van der Waals surface area (Å²) in [6.45, 7) is 3.27. The van der Waals surface area contributed by atoms with E-state index in [1.807, 2.05) is 4.90 Å². The molecule has 1 spiro atoms. The minimum absolute atomic E-state index is 0.0344. The van der Waals surface area contributed by atoms with Gasteiger partial charge in [0.25, 0.3) is 5.91 Å². The summed E-state index contributed by atoms with van der Waals surface area (Å²) in [6.07, 6.45) is 5.21. The van der Waals surface area contributed by atoms with Crippen LogP contribution in [0.2, 0.25) is 0 Å². The van der Waals surface area contributed by atoms with Crippen LogP contribution in [0.1, 0.15) is 31.7 Å². The summed E-state index contributed by atoms with van der Waals surface area (Å²) in [5, 5.41) is 2.86. The van der Waals surface area contributed by atoms with Crippen molar-refractivity contribution < 1.29 is 18.7 Å². The number of piperidine rings is 1. The molecule has 158 valence electrons. The third kappa shape index (κ3) is 4.36. The van der Waals surface area contributed by atoms with Gasteiger partial charge in [0.2, 0.25) is 5.91 Å². The van der Waals surface area contributed by atoms with E-state index in [-0.39, 0.29) is 35.6 Å². The lowest BCUT2D eigenvalue weighted by Crippen LogP contribution is -2.53. The second kappa shape index (κ2) is 8.52. The van der Waals surface area contributed by atoms with E-state index in [1.54, 1.807) is 36.7 Å². The summed E-state index contributed by atoms with van der Waals surface area (Å²) < 4.78 is 19.4. The smallest absolute Gasteiger partial charge is 0.253 e. The highest BCUT2D eigenvalue weighted by atomic mass is 19.1. The third-order valence-corrected chi connectivity index (χ3v) is 6.25. The fraction of sp³-hybridized carbons (Fsp3) is 0.435. The SMILES string of the molecule is C[C@@H]1CN(C(=O)Cc2ccc(F)cc2)CC[C@@]12CC[C@H](C(=O)Nc1cccnc1)O2. The van der Waals surface area contributed by atoms with E-state index in [1.165, 1.54) is 12.1 Å². The number of likely N-dealkylation sites (tertiary alicyclic amines) is 1. The van der Waals surface area contributed by atoms with E-state index in [9.17, 15) is 14.0 Å². The Morgan fingerprint density at radius 1 is 1.27 bits per heavy atom. The average Bonchev–Trinajstić information content (AvgIpc) is 3.18. The predicted molar refractivity (Wildman–Crippen MR) is 110 cm³/mol. The molecule has 30 heavy (non-hydrogen) atoms. The lowest BCUT2D eigenvalue weighted by Gasteiger charge is -2.44. The molecular formula is C23H26FN3O3. The van der Waals surface area contributed by atoms with Crippen LogP contribution in [0, 0.1) is 11.7 Å². The number of carbonyl (C=O) groups is 2. The van der Waals surface area contributed by atoms with Crippen LogP contribution >= 0.6 is 0 Å². The molecule has 6 nitrogen and oxygen atoms in total. The van der Waals surface area contributed by atoms with Crippen molar-refractivity contribution in [2.45, 2.75) is 44.3 Å². The molecule has 2 saturated heterocycles.